The summed E-state index contributed by atoms with van der Waals surface area (Å²) >= 11 is 0. The van der Waals surface area contributed by atoms with Crippen LogP contribution in [0.1, 0.15) is 64.7 Å². The number of rotatable bonds is 12. The van der Waals surface area contributed by atoms with E-state index in [1.54, 1.807) is 0 Å². The van der Waals surface area contributed by atoms with Gasteiger partial charge in [-0.3, -0.25) is 4.79 Å². The summed E-state index contributed by atoms with van der Waals surface area (Å²) in [4.78, 5) is 21.3. The molecule has 2 fully saturated rings. The molecule has 1 aliphatic carbocycles. The minimum atomic E-state index is -0.741. The summed E-state index contributed by atoms with van der Waals surface area (Å²) in [5, 5.41) is 18.7. The highest BCUT2D eigenvalue weighted by Crippen LogP contribution is 2.44. The van der Waals surface area contributed by atoms with Crippen LogP contribution in [0.2, 0.25) is 0 Å². The predicted molar refractivity (Wildman–Crippen MR) is 95.9 cm³/mol. The highest BCUT2D eigenvalue weighted by molar-refractivity contribution is 5.66. The van der Waals surface area contributed by atoms with E-state index in [0.29, 0.717) is 12.3 Å². The minimum Gasteiger partial charge on any atom is -0.481 e. The van der Waals surface area contributed by atoms with Crippen LogP contribution in [0.25, 0.3) is 0 Å². The topological polar surface area (TPSA) is 76.0 Å². The Bertz CT molecular complexity index is 459. The molecule has 1 saturated heterocycles. The SMILES string of the molecule is CCCCCC(O)/C=C/C1C(C/C=C\CCCC(=O)O)[C@@H]2C[C@H]1OO2. The molecule has 0 aromatic rings. The lowest BCUT2D eigenvalue weighted by Crippen LogP contribution is -2.28. The standard InChI is InChI=1S/C20H32O5/c1-2-3-6-9-15(21)12-13-17-16(18-14-19(17)25-24-18)10-7-4-5-8-11-20(22)23/h4,7,12-13,15-19,21H,2-3,5-6,8-11,14H2,1H3,(H,22,23)/b7-4-,13-12+/t15?,16?,17?,18-,19+/m0/s1. The van der Waals surface area contributed by atoms with Gasteiger partial charge in [0.1, 0.15) is 6.10 Å². The Labute approximate surface area is 150 Å². The second-order valence-corrected chi connectivity index (χ2v) is 7.19. The van der Waals surface area contributed by atoms with E-state index in [-0.39, 0.29) is 30.7 Å². The molecule has 0 spiro atoms. The summed E-state index contributed by atoms with van der Waals surface area (Å²) in [6.45, 7) is 2.16. The van der Waals surface area contributed by atoms with Crippen molar-refractivity contribution in [3.05, 3.63) is 24.3 Å². The molecule has 2 aliphatic rings. The molecule has 2 bridgehead atoms. The number of carboxylic acid groups (broad SMARTS) is 1. The zero-order valence-corrected chi connectivity index (χ0v) is 15.2. The maximum atomic E-state index is 10.5. The fraction of sp³-hybridized carbons (Fsp3) is 0.750. The highest BCUT2D eigenvalue weighted by Gasteiger charge is 2.49. The zero-order valence-electron chi connectivity index (χ0n) is 15.2. The third-order valence-corrected chi connectivity index (χ3v) is 5.16. The Morgan fingerprint density at radius 2 is 2.00 bits per heavy atom. The molecule has 142 valence electrons. The number of hydrogen-bond donors (Lipinski definition) is 2. The van der Waals surface area contributed by atoms with E-state index in [0.717, 1.165) is 44.9 Å². The molecule has 1 aliphatic heterocycles. The van der Waals surface area contributed by atoms with E-state index >= 15 is 0 Å². The number of fused-ring (bicyclic) bond motifs is 2. The number of carboxylic acids is 1. The van der Waals surface area contributed by atoms with E-state index in [1.165, 1.54) is 0 Å². The van der Waals surface area contributed by atoms with Gasteiger partial charge in [0.05, 0.1) is 12.2 Å². The Kier molecular flexibility index (Phi) is 8.65. The minimum absolute atomic E-state index is 0.0921. The highest BCUT2D eigenvalue weighted by atomic mass is 17.2. The molecule has 1 saturated carbocycles. The summed E-state index contributed by atoms with van der Waals surface area (Å²) in [7, 11) is 0. The Balaban J connectivity index is 1.78. The van der Waals surface area contributed by atoms with E-state index in [1.807, 2.05) is 6.08 Å². The van der Waals surface area contributed by atoms with Crippen LogP contribution in [0.3, 0.4) is 0 Å². The maximum absolute atomic E-state index is 10.5. The Morgan fingerprint density at radius 1 is 1.20 bits per heavy atom. The van der Waals surface area contributed by atoms with Crippen molar-refractivity contribution in [2.24, 2.45) is 11.8 Å². The van der Waals surface area contributed by atoms with Crippen LogP contribution in [-0.2, 0) is 14.6 Å². The number of hydrogen-bond acceptors (Lipinski definition) is 4. The molecular weight excluding hydrogens is 320 g/mol. The molecule has 2 rings (SSSR count). The number of aliphatic hydroxyl groups excluding tert-OH is 1. The van der Waals surface area contributed by atoms with E-state index in [2.05, 4.69) is 25.2 Å². The predicted octanol–water partition coefficient (Wildman–Crippen LogP) is 4.02. The molecule has 5 heteroatoms. The molecular formula is C20H32O5. The first kappa shape index (κ1) is 20.1. The van der Waals surface area contributed by atoms with Crippen LogP contribution in [-0.4, -0.2) is 34.5 Å². The quantitative estimate of drug-likeness (QED) is 0.315. The summed E-state index contributed by atoms with van der Waals surface area (Å²) in [5.74, 6) is -0.0912. The number of aliphatic carboxylic acids is 1. The third kappa shape index (κ3) is 6.57. The van der Waals surface area contributed by atoms with Gasteiger partial charge >= 0.3 is 5.97 Å². The van der Waals surface area contributed by atoms with Crippen LogP contribution in [0.15, 0.2) is 24.3 Å². The second-order valence-electron chi connectivity index (χ2n) is 7.19. The molecule has 0 aromatic carbocycles. The zero-order chi connectivity index (χ0) is 18.1. The first-order valence-corrected chi connectivity index (χ1v) is 9.67. The number of allylic oxidation sites excluding steroid dienone is 2. The monoisotopic (exact) mass is 352 g/mol. The maximum Gasteiger partial charge on any atom is 0.303 e. The molecule has 5 nitrogen and oxygen atoms in total. The third-order valence-electron chi connectivity index (χ3n) is 5.16. The van der Waals surface area contributed by atoms with Crippen molar-refractivity contribution in [1.82, 2.24) is 0 Å². The van der Waals surface area contributed by atoms with Crippen LogP contribution in [0, 0.1) is 11.8 Å². The molecule has 3 unspecified atom stereocenters. The average molecular weight is 352 g/mol. The second kappa shape index (κ2) is 10.7. The summed E-state index contributed by atoms with van der Waals surface area (Å²) in [6.07, 6.45) is 15.8. The lowest BCUT2D eigenvalue weighted by atomic mass is 9.89. The van der Waals surface area contributed by atoms with Gasteiger partial charge in [0.25, 0.3) is 0 Å². The van der Waals surface area contributed by atoms with E-state index in [4.69, 9.17) is 14.9 Å². The molecule has 25 heavy (non-hydrogen) atoms. The van der Waals surface area contributed by atoms with Gasteiger partial charge < -0.3 is 10.2 Å². The lowest BCUT2D eigenvalue weighted by molar-refractivity contribution is -0.336. The number of aliphatic hydroxyl groups is 1. The van der Waals surface area contributed by atoms with Gasteiger partial charge in [-0.2, -0.15) is 0 Å². The van der Waals surface area contributed by atoms with Gasteiger partial charge in [0.15, 0.2) is 0 Å². The van der Waals surface area contributed by atoms with Gasteiger partial charge in [-0.15, -0.1) is 0 Å². The number of unbranched alkanes of at least 4 members (excludes halogenated alkanes) is 3. The summed E-state index contributed by atoms with van der Waals surface area (Å²) < 4.78 is 0. The largest absolute Gasteiger partial charge is 0.481 e. The van der Waals surface area contributed by atoms with Gasteiger partial charge in [-0.25, -0.2) is 9.78 Å². The van der Waals surface area contributed by atoms with Crippen molar-refractivity contribution >= 4 is 5.97 Å². The molecule has 0 aromatic heterocycles. The fourth-order valence-corrected chi connectivity index (χ4v) is 3.72. The van der Waals surface area contributed by atoms with Crippen LogP contribution in [0.4, 0.5) is 0 Å². The van der Waals surface area contributed by atoms with Crippen LogP contribution < -0.4 is 0 Å². The average Bonchev–Trinajstić information content (AvgIpc) is 3.17. The smallest absolute Gasteiger partial charge is 0.303 e. The molecule has 5 atom stereocenters. The van der Waals surface area contributed by atoms with Crippen LogP contribution in [0.5, 0.6) is 0 Å². The van der Waals surface area contributed by atoms with Crippen molar-refractivity contribution in [2.45, 2.75) is 83.0 Å². The molecule has 0 amide bonds. The summed E-state index contributed by atoms with van der Waals surface area (Å²) in [5.41, 5.74) is 0. The van der Waals surface area contributed by atoms with Crippen LogP contribution >= 0.6 is 0 Å². The van der Waals surface area contributed by atoms with Crippen molar-refractivity contribution in [1.29, 1.82) is 0 Å². The van der Waals surface area contributed by atoms with Gasteiger partial charge in [0.2, 0.25) is 0 Å². The van der Waals surface area contributed by atoms with Gasteiger partial charge in [-0.1, -0.05) is 50.5 Å². The van der Waals surface area contributed by atoms with E-state index in [9.17, 15) is 9.90 Å². The van der Waals surface area contributed by atoms with Gasteiger partial charge in [0, 0.05) is 24.7 Å². The van der Waals surface area contributed by atoms with Crippen molar-refractivity contribution in [2.75, 3.05) is 0 Å². The lowest BCUT2D eigenvalue weighted by Gasteiger charge is -2.27. The van der Waals surface area contributed by atoms with Crippen molar-refractivity contribution in [3.8, 4) is 0 Å². The fourth-order valence-electron chi connectivity index (χ4n) is 3.72. The Hall–Kier alpha value is -1.17. The molecule has 2 N–H and O–H groups in total. The first-order valence-electron chi connectivity index (χ1n) is 9.67. The Morgan fingerprint density at radius 3 is 2.76 bits per heavy atom. The molecule has 0 radical (unpaired) electrons. The van der Waals surface area contributed by atoms with Crippen molar-refractivity contribution in [3.63, 3.8) is 0 Å². The number of carbonyl (C=O) groups is 1. The summed E-state index contributed by atoms with van der Waals surface area (Å²) in [6, 6.07) is 0. The normalized spacial score (nSPS) is 29.8. The van der Waals surface area contributed by atoms with Crippen molar-refractivity contribution < 1.29 is 24.8 Å². The van der Waals surface area contributed by atoms with Gasteiger partial charge in [-0.05, 0) is 25.7 Å². The van der Waals surface area contributed by atoms with E-state index < -0.39 is 5.97 Å². The molecule has 1 heterocycles. The first-order chi connectivity index (χ1) is 12.1.